The van der Waals surface area contributed by atoms with Crippen LogP contribution in [0.1, 0.15) is 85.1 Å². The first-order valence-electron chi connectivity index (χ1n) is 10.7. The fraction of sp³-hybridized carbons (Fsp3) is 0.440. The highest BCUT2D eigenvalue weighted by atomic mass is 16.5. The first kappa shape index (κ1) is 22.7. The molecule has 1 N–H and O–H groups in total. The number of carbonyl (C=O) groups is 2. The monoisotopic (exact) mass is 395 g/mol. The average molecular weight is 396 g/mol. The molecule has 0 aromatic heterocycles. The minimum atomic E-state index is -0.304. The van der Waals surface area contributed by atoms with E-state index in [4.69, 9.17) is 4.74 Å². The van der Waals surface area contributed by atoms with Crippen LogP contribution >= 0.6 is 0 Å². The Balaban J connectivity index is 1.86. The summed E-state index contributed by atoms with van der Waals surface area (Å²) < 4.78 is 5.67. The third-order valence-electron chi connectivity index (χ3n) is 5.02. The van der Waals surface area contributed by atoms with Gasteiger partial charge in [0.1, 0.15) is 6.10 Å². The molecule has 0 aliphatic carbocycles. The molecule has 156 valence electrons. The highest BCUT2D eigenvalue weighted by Crippen LogP contribution is 2.16. The Kier molecular flexibility index (Phi) is 9.42. The van der Waals surface area contributed by atoms with Crippen LogP contribution in [0, 0.1) is 6.92 Å². The standard InChI is InChI=1S/C25H33NO3/c1-4-6-7-8-9-13-23(5-2)29-25(28)20-14-16-22(17-15-20)26-24(27)21-12-10-11-19(3)18-21/h10-12,14-18,23H,4-9,13H2,1-3H3,(H,26,27)/t23-/m1/s1. The molecule has 0 fully saturated rings. The van der Waals surface area contributed by atoms with Crippen LogP contribution < -0.4 is 5.32 Å². The topological polar surface area (TPSA) is 55.4 Å². The lowest BCUT2D eigenvalue weighted by atomic mass is 10.1. The van der Waals surface area contributed by atoms with Crippen LogP contribution in [0.4, 0.5) is 5.69 Å². The van der Waals surface area contributed by atoms with Crippen molar-refractivity contribution in [3.63, 3.8) is 0 Å². The van der Waals surface area contributed by atoms with Crippen molar-refractivity contribution in [3.05, 3.63) is 65.2 Å². The summed E-state index contributed by atoms with van der Waals surface area (Å²) in [6.45, 7) is 6.20. The zero-order valence-electron chi connectivity index (χ0n) is 17.9. The van der Waals surface area contributed by atoms with Crippen molar-refractivity contribution >= 4 is 17.6 Å². The summed E-state index contributed by atoms with van der Waals surface area (Å²) >= 11 is 0. The summed E-state index contributed by atoms with van der Waals surface area (Å²) in [6.07, 6.45) is 7.73. The maximum Gasteiger partial charge on any atom is 0.338 e. The van der Waals surface area contributed by atoms with Gasteiger partial charge in [-0.1, -0.05) is 57.2 Å². The van der Waals surface area contributed by atoms with E-state index < -0.39 is 0 Å². The second kappa shape index (κ2) is 12.1. The summed E-state index contributed by atoms with van der Waals surface area (Å²) in [6, 6.07) is 14.3. The zero-order chi connectivity index (χ0) is 21.1. The molecule has 2 rings (SSSR count). The van der Waals surface area contributed by atoms with Crippen LogP contribution in [0.3, 0.4) is 0 Å². The lowest BCUT2D eigenvalue weighted by Crippen LogP contribution is -2.18. The van der Waals surface area contributed by atoms with E-state index in [0.29, 0.717) is 16.8 Å². The lowest BCUT2D eigenvalue weighted by molar-refractivity contribution is 0.0267. The molecule has 29 heavy (non-hydrogen) atoms. The van der Waals surface area contributed by atoms with E-state index in [1.807, 2.05) is 32.0 Å². The number of hydrogen-bond donors (Lipinski definition) is 1. The smallest absolute Gasteiger partial charge is 0.338 e. The fourth-order valence-corrected chi connectivity index (χ4v) is 3.22. The third kappa shape index (κ3) is 7.72. The van der Waals surface area contributed by atoms with Crippen molar-refractivity contribution < 1.29 is 14.3 Å². The molecule has 0 saturated carbocycles. The molecule has 2 aromatic carbocycles. The molecule has 0 aliphatic heterocycles. The quantitative estimate of drug-likeness (QED) is 0.347. The molecule has 0 spiro atoms. The van der Waals surface area contributed by atoms with Gasteiger partial charge in [-0.05, 0) is 62.6 Å². The highest BCUT2D eigenvalue weighted by molar-refractivity contribution is 6.04. The van der Waals surface area contributed by atoms with Gasteiger partial charge in [-0.15, -0.1) is 0 Å². The number of benzene rings is 2. The number of unbranched alkanes of at least 4 members (excludes halogenated alkanes) is 4. The molecule has 0 saturated heterocycles. The number of carbonyl (C=O) groups excluding carboxylic acids is 2. The van der Waals surface area contributed by atoms with Gasteiger partial charge < -0.3 is 10.1 Å². The van der Waals surface area contributed by atoms with Crippen LogP contribution in [-0.4, -0.2) is 18.0 Å². The fourth-order valence-electron chi connectivity index (χ4n) is 3.22. The second-order valence-corrected chi connectivity index (χ2v) is 7.54. The molecular weight excluding hydrogens is 362 g/mol. The van der Waals surface area contributed by atoms with Crippen molar-refractivity contribution in [2.24, 2.45) is 0 Å². The summed E-state index contributed by atoms with van der Waals surface area (Å²) in [4.78, 5) is 24.8. The summed E-state index contributed by atoms with van der Waals surface area (Å²) in [7, 11) is 0. The van der Waals surface area contributed by atoms with Crippen LogP contribution in [0.5, 0.6) is 0 Å². The first-order valence-corrected chi connectivity index (χ1v) is 10.7. The van der Waals surface area contributed by atoms with Gasteiger partial charge in [0.25, 0.3) is 5.91 Å². The molecule has 4 nitrogen and oxygen atoms in total. The normalized spacial score (nSPS) is 11.7. The van der Waals surface area contributed by atoms with Crippen molar-refractivity contribution in [1.29, 1.82) is 0 Å². The van der Waals surface area contributed by atoms with E-state index in [1.54, 1.807) is 30.3 Å². The van der Waals surface area contributed by atoms with Crippen LogP contribution in [0.2, 0.25) is 0 Å². The van der Waals surface area contributed by atoms with Gasteiger partial charge in [0.2, 0.25) is 0 Å². The van der Waals surface area contributed by atoms with Gasteiger partial charge in [0.15, 0.2) is 0 Å². The third-order valence-corrected chi connectivity index (χ3v) is 5.02. The first-order chi connectivity index (χ1) is 14.0. The van der Waals surface area contributed by atoms with E-state index >= 15 is 0 Å². The number of ether oxygens (including phenoxy) is 1. The largest absolute Gasteiger partial charge is 0.459 e. The molecular formula is C25H33NO3. The maximum absolute atomic E-state index is 12.4. The minimum Gasteiger partial charge on any atom is -0.459 e. The van der Waals surface area contributed by atoms with E-state index in [2.05, 4.69) is 12.2 Å². The van der Waals surface area contributed by atoms with Gasteiger partial charge in [-0.2, -0.15) is 0 Å². The number of hydrogen-bond acceptors (Lipinski definition) is 3. The van der Waals surface area contributed by atoms with Crippen molar-refractivity contribution in [1.82, 2.24) is 0 Å². The Bertz CT molecular complexity index is 783. The predicted molar refractivity (Wildman–Crippen MR) is 118 cm³/mol. The van der Waals surface area contributed by atoms with Gasteiger partial charge in [-0.3, -0.25) is 4.79 Å². The molecule has 1 amide bonds. The Hall–Kier alpha value is -2.62. The maximum atomic E-state index is 12.4. The summed E-state index contributed by atoms with van der Waals surface area (Å²) in [5.41, 5.74) is 2.80. The van der Waals surface area contributed by atoms with E-state index in [0.717, 1.165) is 24.8 Å². The predicted octanol–water partition coefficient (Wildman–Crippen LogP) is 6.54. The second-order valence-electron chi connectivity index (χ2n) is 7.54. The Morgan fingerprint density at radius 1 is 0.931 bits per heavy atom. The van der Waals surface area contributed by atoms with Gasteiger partial charge >= 0.3 is 5.97 Å². The molecule has 0 bridgehead atoms. The van der Waals surface area contributed by atoms with Crippen molar-refractivity contribution in [2.45, 2.75) is 71.8 Å². The molecule has 0 unspecified atom stereocenters. The van der Waals surface area contributed by atoms with Crippen LogP contribution in [0.25, 0.3) is 0 Å². The van der Waals surface area contributed by atoms with Crippen molar-refractivity contribution in [2.75, 3.05) is 5.32 Å². The number of anilines is 1. The van der Waals surface area contributed by atoms with Crippen LogP contribution in [-0.2, 0) is 4.74 Å². The minimum absolute atomic E-state index is 0.0372. The van der Waals surface area contributed by atoms with Gasteiger partial charge in [0.05, 0.1) is 5.56 Å². The lowest BCUT2D eigenvalue weighted by Gasteiger charge is -2.16. The SMILES string of the molecule is CCCCCCC[C@@H](CC)OC(=O)c1ccc(NC(=O)c2cccc(C)c2)cc1. The molecule has 0 aliphatic rings. The number of rotatable bonds is 11. The average Bonchev–Trinajstić information content (AvgIpc) is 2.73. The summed E-state index contributed by atoms with van der Waals surface area (Å²) in [5, 5.41) is 2.86. The number of nitrogens with one attached hydrogen (secondary N) is 1. The molecule has 0 radical (unpaired) electrons. The van der Waals surface area contributed by atoms with Gasteiger partial charge in [0, 0.05) is 11.3 Å². The van der Waals surface area contributed by atoms with Crippen LogP contribution in [0.15, 0.2) is 48.5 Å². The Morgan fingerprint density at radius 2 is 1.66 bits per heavy atom. The number of esters is 1. The highest BCUT2D eigenvalue weighted by Gasteiger charge is 2.15. The Labute approximate surface area is 174 Å². The molecule has 4 heteroatoms. The molecule has 1 atom stereocenters. The van der Waals surface area contributed by atoms with Crippen molar-refractivity contribution in [3.8, 4) is 0 Å². The molecule has 2 aromatic rings. The molecule has 0 heterocycles. The van der Waals surface area contributed by atoms with E-state index in [9.17, 15) is 9.59 Å². The number of aryl methyl sites for hydroxylation is 1. The Morgan fingerprint density at radius 3 is 2.31 bits per heavy atom. The van der Waals surface area contributed by atoms with E-state index in [1.165, 1.54) is 25.7 Å². The number of amides is 1. The zero-order valence-corrected chi connectivity index (χ0v) is 17.9. The summed E-state index contributed by atoms with van der Waals surface area (Å²) in [5.74, 6) is -0.472. The van der Waals surface area contributed by atoms with Gasteiger partial charge in [-0.25, -0.2) is 4.79 Å². The van der Waals surface area contributed by atoms with E-state index in [-0.39, 0.29) is 18.0 Å².